The third kappa shape index (κ3) is 3.10. The highest BCUT2D eigenvalue weighted by atomic mass is 16.3. The Morgan fingerprint density at radius 2 is 1.79 bits per heavy atom. The van der Waals surface area contributed by atoms with Crippen LogP contribution in [0.3, 0.4) is 0 Å². The van der Waals surface area contributed by atoms with Gasteiger partial charge in [-0.2, -0.15) is 0 Å². The van der Waals surface area contributed by atoms with Gasteiger partial charge in [-0.25, -0.2) is 0 Å². The summed E-state index contributed by atoms with van der Waals surface area (Å²) < 4.78 is 0. The molecule has 0 aromatic heterocycles. The van der Waals surface area contributed by atoms with Gasteiger partial charge in [-0.15, -0.1) is 0 Å². The Morgan fingerprint density at radius 1 is 1.11 bits per heavy atom. The second kappa shape index (κ2) is 5.53. The number of aromatic hydroxyl groups is 1. The van der Waals surface area contributed by atoms with Gasteiger partial charge in [-0.05, 0) is 37.1 Å². The number of phenolic OH excluding ortho intramolecular Hbond substituents is 1. The molecule has 2 heteroatoms. The first-order valence-corrected chi connectivity index (χ1v) is 6.14. The second-order valence-corrected chi connectivity index (χ2v) is 4.67. The molecule has 1 N–H and O–H groups in total. The first kappa shape index (κ1) is 13.1. The van der Waals surface area contributed by atoms with Crippen molar-refractivity contribution in [3.63, 3.8) is 0 Å². The van der Waals surface area contributed by atoms with E-state index in [1.54, 1.807) is 30.3 Å². The molecule has 0 fully saturated rings. The van der Waals surface area contributed by atoms with Crippen molar-refractivity contribution in [2.24, 2.45) is 0 Å². The van der Waals surface area contributed by atoms with E-state index in [1.807, 2.05) is 25.1 Å². The molecule has 0 unspecified atom stereocenters. The normalized spacial score (nSPS) is 10.2. The van der Waals surface area contributed by atoms with Gasteiger partial charge in [-0.3, -0.25) is 4.79 Å². The molecule has 2 nitrogen and oxygen atoms in total. The van der Waals surface area contributed by atoms with Crippen LogP contribution < -0.4 is 0 Å². The van der Waals surface area contributed by atoms with Crippen molar-refractivity contribution in [3.05, 3.63) is 77.4 Å². The van der Waals surface area contributed by atoms with Gasteiger partial charge in [0.25, 0.3) is 0 Å². The summed E-state index contributed by atoms with van der Waals surface area (Å²) in [5.74, 6) is 0.163. The maximum atomic E-state index is 12.3. The molecule has 0 spiro atoms. The van der Waals surface area contributed by atoms with E-state index in [0.717, 1.165) is 11.1 Å². The van der Waals surface area contributed by atoms with Crippen molar-refractivity contribution in [2.75, 3.05) is 0 Å². The van der Waals surface area contributed by atoms with E-state index < -0.39 is 0 Å². The van der Waals surface area contributed by atoms with Gasteiger partial charge >= 0.3 is 0 Å². The van der Waals surface area contributed by atoms with E-state index in [2.05, 4.69) is 6.58 Å². The summed E-state index contributed by atoms with van der Waals surface area (Å²) in [5.41, 5.74) is 2.91. The molecule has 2 aromatic rings. The third-order valence-electron chi connectivity index (χ3n) is 2.87. The molecule has 0 bridgehead atoms. The summed E-state index contributed by atoms with van der Waals surface area (Å²) in [6, 6.07) is 14.1. The van der Waals surface area contributed by atoms with Gasteiger partial charge in [0.15, 0.2) is 5.78 Å². The zero-order chi connectivity index (χ0) is 13.8. The molecule has 0 heterocycles. The van der Waals surface area contributed by atoms with Crippen molar-refractivity contribution >= 4 is 5.78 Å². The maximum absolute atomic E-state index is 12.3. The lowest BCUT2D eigenvalue weighted by Crippen LogP contribution is -2.02. The number of hydrogen-bond acceptors (Lipinski definition) is 2. The number of carbonyl (C=O) groups excluding carboxylic acids is 1. The van der Waals surface area contributed by atoms with E-state index in [0.29, 0.717) is 17.5 Å². The first-order chi connectivity index (χ1) is 9.08. The zero-order valence-electron chi connectivity index (χ0n) is 10.9. The van der Waals surface area contributed by atoms with E-state index in [4.69, 9.17) is 0 Å². The number of rotatable bonds is 4. The Bertz CT molecular complexity index is 612. The van der Waals surface area contributed by atoms with Gasteiger partial charge < -0.3 is 5.11 Å². The minimum atomic E-state index is -0.0384. The topological polar surface area (TPSA) is 37.3 Å². The zero-order valence-corrected chi connectivity index (χ0v) is 10.9. The Hall–Kier alpha value is -2.35. The largest absolute Gasteiger partial charge is 0.508 e. The third-order valence-corrected chi connectivity index (χ3v) is 2.87. The second-order valence-electron chi connectivity index (χ2n) is 4.67. The smallest absolute Gasteiger partial charge is 0.193 e. The van der Waals surface area contributed by atoms with Crippen molar-refractivity contribution in [1.82, 2.24) is 0 Å². The fraction of sp³-hybridized carbons (Fsp3) is 0.118. The van der Waals surface area contributed by atoms with Crippen molar-refractivity contribution < 1.29 is 9.90 Å². The average Bonchev–Trinajstić information content (AvgIpc) is 2.41. The van der Waals surface area contributed by atoms with Crippen LogP contribution >= 0.6 is 0 Å². The quantitative estimate of drug-likeness (QED) is 0.664. The van der Waals surface area contributed by atoms with Crippen LogP contribution in [0.15, 0.2) is 60.7 Å². The van der Waals surface area contributed by atoms with E-state index in [9.17, 15) is 9.90 Å². The lowest BCUT2D eigenvalue weighted by Gasteiger charge is -2.07. The number of hydrogen-bond donors (Lipinski definition) is 1. The summed E-state index contributed by atoms with van der Waals surface area (Å²) >= 11 is 0. The molecule has 0 radical (unpaired) electrons. The predicted octanol–water partition coefficient (Wildman–Crippen LogP) is 3.74. The molecule has 96 valence electrons. The molecule has 0 atom stereocenters. The van der Waals surface area contributed by atoms with Crippen LogP contribution in [0.5, 0.6) is 5.75 Å². The lowest BCUT2D eigenvalue weighted by atomic mass is 9.98. The Kier molecular flexibility index (Phi) is 3.81. The van der Waals surface area contributed by atoms with Crippen LogP contribution in [0.4, 0.5) is 0 Å². The predicted molar refractivity (Wildman–Crippen MR) is 76.5 cm³/mol. The monoisotopic (exact) mass is 252 g/mol. The first-order valence-electron chi connectivity index (χ1n) is 6.14. The minimum absolute atomic E-state index is 0.0384. The molecule has 19 heavy (non-hydrogen) atoms. The van der Waals surface area contributed by atoms with Crippen LogP contribution in [0.2, 0.25) is 0 Å². The molecule has 2 aromatic carbocycles. The number of ketones is 1. The van der Waals surface area contributed by atoms with E-state index in [-0.39, 0.29) is 11.5 Å². The Morgan fingerprint density at radius 3 is 2.42 bits per heavy atom. The maximum Gasteiger partial charge on any atom is 0.193 e. The van der Waals surface area contributed by atoms with E-state index in [1.165, 1.54) is 0 Å². The highest BCUT2D eigenvalue weighted by molar-refractivity contribution is 6.09. The highest BCUT2D eigenvalue weighted by Gasteiger charge is 2.11. The average molecular weight is 252 g/mol. The number of phenols is 1. The number of carbonyl (C=O) groups is 1. The van der Waals surface area contributed by atoms with Gasteiger partial charge in [0.2, 0.25) is 0 Å². The molecule has 0 saturated heterocycles. The molecular formula is C17H16O2. The lowest BCUT2D eigenvalue weighted by molar-refractivity contribution is 0.103. The summed E-state index contributed by atoms with van der Waals surface area (Å²) in [4.78, 5) is 12.3. The molecule has 0 aliphatic heterocycles. The SMILES string of the molecule is C=C(C)Cc1cc(C(=O)c2ccccc2)ccc1O. The minimum Gasteiger partial charge on any atom is -0.508 e. The van der Waals surface area contributed by atoms with E-state index >= 15 is 0 Å². The molecule has 0 amide bonds. The molecule has 2 rings (SSSR count). The Labute approximate surface area is 113 Å². The van der Waals surface area contributed by atoms with Crippen LogP contribution in [0.1, 0.15) is 28.4 Å². The van der Waals surface area contributed by atoms with Crippen molar-refractivity contribution in [2.45, 2.75) is 13.3 Å². The fourth-order valence-corrected chi connectivity index (χ4v) is 1.95. The summed E-state index contributed by atoms with van der Waals surface area (Å²) in [6.45, 7) is 5.72. The van der Waals surface area contributed by atoms with Crippen LogP contribution in [0.25, 0.3) is 0 Å². The molecule has 0 aliphatic carbocycles. The summed E-state index contributed by atoms with van der Waals surface area (Å²) in [7, 11) is 0. The molecular weight excluding hydrogens is 236 g/mol. The van der Waals surface area contributed by atoms with Gasteiger partial charge in [0.1, 0.15) is 5.75 Å². The van der Waals surface area contributed by atoms with Crippen molar-refractivity contribution in [3.8, 4) is 5.75 Å². The Balaban J connectivity index is 2.36. The van der Waals surface area contributed by atoms with Crippen molar-refractivity contribution in [1.29, 1.82) is 0 Å². The number of benzene rings is 2. The van der Waals surface area contributed by atoms with Gasteiger partial charge in [0.05, 0.1) is 0 Å². The number of allylic oxidation sites excluding steroid dienone is 1. The summed E-state index contributed by atoms with van der Waals surface area (Å²) in [6.07, 6.45) is 0.571. The molecule has 0 saturated carbocycles. The van der Waals surface area contributed by atoms with Crippen LogP contribution in [0, 0.1) is 0 Å². The summed E-state index contributed by atoms with van der Waals surface area (Å²) in [5, 5.41) is 9.78. The van der Waals surface area contributed by atoms with Gasteiger partial charge in [0, 0.05) is 11.1 Å². The van der Waals surface area contributed by atoms with Gasteiger partial charge in [-0.1, -0.05) is 42.5 Å². The highest BCUT2D eigenvalue weighted by Crippen LogP contribution is 2.22. The standard InChI is InChI=1S/C17H16O2/c1-12(2)10-15-11-14(8-9-16(15)18)17(19)13-6-4-3-5-7-13/h3-9,11,18H,1,10H2,2H3. The van der Waals surface area contributed by atoms with Crippen LogP contribution in [-0.2, 0) is 6.42 Å². The molecule has 0 aliphatic rings. The fourth-order valence-electron chi connectivity index (χ4n) is 1.95. The van der Waals surface area contributed by atoms with Crippen LogP contribution in [-0.4, -0.2) is 10.9 Å².